The zero-order valence-electron chi connectivity index (χ0n) is 22.5. The lowest BCUT2D eigenvalue weighted by Crippen LogP contribution is -2.12. The maximum absolute atomic E-state index is 15.8. The molecule has 0 aliphatic carbocycles. The molecule has 0 fully saturated rings. The normalized spacial score (nSPS) is 12.0. The van der Waals surface area contributed by atoms with Gasteiger partial charge in [0.15, 0.2) is 0 Å². The van der Waals surface area contributed by atoms with Crippen molar-refractivity contribution in [2.75, 3.05) is 0 Å². The number of rotatable bonds is 4. The van der Waals surface area contributed by atoms with Gasteiger partial charge >= 0.3 is 0 Å². The van der Waals surface area contributed by atoms with E-state index in [0.717, 1.165) is 39.0 Å². The Morgan fingerprint density at radius 1 is 0.725 bits per heavy atom. The summed E-state index contributed by atoms with van der Waals surface area (Å²) in [6.07, 6.45) is 3.62. The highest BCUT2D eigenvalue weighted by molar-refractivity contribution is 6.09. The summed E-state index contributed by atoms with van der Waals surface area (Å²) >= 11 is 0. The molecule has 0 unspecified atom stereocenters. The molecule has 0 bridgehead atoms. The van der Waals surface area contributed by atoms with Crippen LogP contribution in [0.1, 0.15) is 26.3 Å². The van der Waals surface area contributed by atoms with E-state index in [1.165, 1.54) is 6.07 Å². The molecule has 0 spiro atoms. The van der Waals surface area contributed by atoms with Crippen molar-refractivity contribution in [2.24, 2.45) is 0 Å². The van der Waals surface area contributed by atoms with Crippen LogP contribution in [-0.2, 0) is 5.41 Å². The van der Waals surface area contributed by atoms with Gasteiger partial charge in [0.05, 0.1) is 27.8 Å². The van der Waals surface area contributed by atoms with Gasteiger partial charge in [-0.15, -0.1) is 0 Å². The first kappa shape index (κ1) is 24.1. The van der Waals surface area contributed by atoms with Gasteiger partial charge in [-0.25, -0.2) is 14.4 Å². The molecule has 5 nitrogen and oxygen atoms in total. The maximum Gasteiger partial charge on any atom is 0.137 e. The number of hydrogen-bond donors (Lipinski definition) is 0. The first-order valence-corrected chi connectivity index (χ1v) is 13.3. The monoisotopic (exact) mass is 526 g/mol. The number of hydrogen-bond acceptors (Lipinski definition) is 3. The van der Waals surface area contributed by atoms with Crippen LogP contribution in [-0.4, -0.2) is 19.1 Å². The van der Waals surface area contributed by atoms with Gasteiger partial charge in [0.1, 0.15) is 29.5 Å². The lowest BCUT2D eigenvalue weighted by atomic mass is 9.88. The van der Waals surface area contributed by atoms with Crippen LogP contribution < -0.4 is 4.74 Å². The van der Waals surface area contributed by atoms with Crippen LogP contribution >= 0.6 is 0 Å². The molecule has 0 aliphatic heterocycles. The lowest BCUT2D eigenvalue weighted by molar-refractivity contribution is 0.478. The van der Waals surface area contributed by atoms with Crippen LogP contribution in [0.2, 0.25) is 0 Å². The summed E-state index contributed by atoms with van der Waals surface area (Å²) in [6, 6.07) is 31.0. The third kappa shape index (κ3) is 4.00. The largest absolute Gasteiger partial charge is 0.457 e. The number of ether oxygens (including phenoxy) is 1. The second-order valence-electron chi connectivity index (χ2n) is 11.0. The minimum Gasteiger partial charge on any atom is -0.457 e. The Balaban J connectivity index is 1.36. The molecular weight excluding hydrogens is 499 g/mol. The fourth-order valence-electron chi connectivity index (χ4n) is 5.33. The van der Waals surface area contributed by atoms with Gasteiger partial charge in [0, 0.05) is 35.2 Å². The Hall–Kier alpha value is -4.97. The van der Waals surface area contributed by atoms with Crippen LogP contribution in [0, 0.1) is 5.82 Å². The standard InChI is InChI=1S/C34H27FN4O/c1-34(2,3)22-15-16-36-32(17-22)39-29-13-6-4-11-26(29)33-27(35)19-25(20-31(33)39)40-24-10-8-9-23(18-24)38-21-37-28-12-5-7-14-30(28)38/h4-21H,1-3H3. The minimum absolute atomic E-state index is 0.0540. The van der Waals surface area contributed by atoms with Crippen molar-refractivity contribution < 1.29 is 9.13 Å². The number of fused-ring (bicyclic) bond motifs is 4. The van der Waals surface area contributed by atoms with Gasteiger partial charge in [-0.2, -0.15) is 0 Å². The number of imidazole rings is 1. The smallest absolute Gasteiger partial charge is 0.137 e. The van der Waals surface area contributed by atoms with Crippen LogP contribution in [0.15, 0.2) is 110 Å². The highest BCUT2D eigenvalue weighted by Crippen LogP contribution is 2.37. The van der Waals surface area contributed by atoms with Crippen molar-refractivity contribution in [3.63, 3.8) is 0 Å². The van der Waals surface area contributed by atoms with Gasteiger partial charge in [0.2, 0.25) is 0 Å². The quantitative estimate of drug-likeness (QED) is 0.230. The van der Waals surface area contributed by atoms with E-state index >= 15 is 4.39 Å². The van der Waals surface area contributed by atoms with E-state index in [-0.39, 0.29) is 11.2 Å². The molecule has 4 aromatic carbocycles. The summed E-state index contributed by atoms with van der Waals surface area (Å²) in [5, 5.41) is 1.38. The van der Waals surface area contributed by atoms with Crippen LogP contribution in [0.25, 0.3) is 44.3 Å². The molecule has 0 saturated carbocycles. The predicted molar refractivity (Wildman–Crippen MR) is 158 cm³/mol. The Morgan fingerprint density at radius 2 is 1.52 bits per heavy atom. The fourth-order valence-corrected chi connectivity index (χ4v) is 5.33. The van der Waals surface area contributed by atoms with E-state index in [1.54, 1.807) is 6.33 Å². The Bertz CT molecular complexity index is 2050. The number of aromatic nitrogens is 4. The summed E-state index contributed by atoms with van der Waals surface area (Å²) in [6.45, 7) is 6.51. The Labute approximate surface area is 231 Å². The van der Waals surface area contributed by atoms with Gasteiger partial charge in [-0.3, -0.25) is 9.13 Å². The van der Waals surface area contributed by atoms with Crippen molar-refractivity contribution in [1.82, 2.24) is 19.1 Å². The average molecular weight is 527 g/mol. The van der Waals surface area contributed by atoms with Crippen molar-refractivity contribution in [2.45, 2.75) is 26.2 Å². The second kappa shape index (κ2) is 9.06. The van der Waals surface area contributed by atoms with E-state index in [0.29, 0.717) is 22.4 Å². The Kier molecular flexibility index (Phi) is 5.46. The maximum atomic E-state index is 15.8. The van der Waals surface area contributed by atoms with Crippen LogP contribution in [0.3, 0.4) is 0 Å². The van der Waals surface area contributed by atoms with Crippen LogP contribution in [0.5, 0.6) is 11.5 Å². The number of nitrogens with zero attached hydrogens (tertiary/aromatic N) is 4. The molecule has 196 valence electrons. The second-order valence-corrected chi connectivity index (χ2v) is 11.0. The van der Waals surface area contributed by atoms with E-state index in [2.05, 4.69) is 31.8 Å². The summed E-state index contributed by atoms with van der Waals surface area (Å²) in [5.74, 6) is 1.41. The van der Waals surface area contributed by atoms with Gasteiger partial charge in [-0.05, 0) is 53.4 Å². The highest BCUT2D eigenvalue weighted by Gasteiger charge is 2.20. The summed E-state index contributed by atoms with van der Waals surface area (Å²) in [5.41, 5.74) is 5.51. The predicted octanol–water partition coefficient (Wildman–Crippen LogP) is 8.75. The van der Waals surface area contributed by atoms with E-state index in [1.807, 2.05) is 100 Å². The zero-order valence-corrected chi connectivity index (χ0v) is 22.5. The molecule has 0 radical (unpaired) electrons. The van der Waals surface area contributed by atoms with Gasteiger partial charge in [0.25, 0.3) is 0 Å². The van der Waals surface area contributed by atoms with Crippen molar-refractivity contribution in [1.29, 1.82) is 0 Å². The number of pyridine rings is 1. The molecular formula is C34H27FN4O. The molecule has 3 heterocycles. The van der Waals surface area contributed by atoms with Crippen molar-refractivity contribution in [3.05, 3.63) is 121 Å². The molecule has 0 atom stereocenters. The molecule has 40 heavy (non-hydrogen) atoms. The third-order valence-electron chi connectivity index (χ3n) is 7.32. The van der Waals surface area contributed by atoms with E-state index in [9.17, 15) is 0 Å². The SMILES string of the molecule is CC(C)(C)c1ccnc(-n2c3ccccc3c3c(F)cc(Oc4cccc(-n5cnc6ccccc65)c4)cc32)c1. The third-order valence-corrected chi connectivity index (χ3v) is 7.32. The first-order chi connectivity index (χ1) is 19.4. The fraction of sp³-hybridized carbons (Fsp3) is 0.118. The number of benzene rings is 4. The lowest BCUT2D eigenvalue weighted by Gasteiger charge is -2.20. The van der Waals surface area contributed by atoms with Crippen LogP contribution in [0.4, 0.5) is 4.39 Å². The summed E-state index contributed by atoms with van der Waals surface area (Å²) in [7, 11) is 0. The molecule has 0 saturated heterocycles. The van der Waals surface area contributed by atoms with E-state index in [4.69, 9.17) is 9.72 Å². The highest BCUT2D eigenvalue weighted by atomic mass is 19.1. The number of halogens is 1. The first-order valence-electron chi connectivity index (χ1n) is 13.3. The molecule has 7 rings (SSSR count). The molecule has 0 amide bonds. The zero-order chi connectivity index (χ0) is 27.4. The molecule has 6 heteroatoms. The van der Waals surface area contributed by atoms with Crippen molar-refractivity contribution >= 4 is 32.8 Å². The molecule has 3 aromatic heterocycles. The Morgan fingerprint density at radius 3 is 2.38 bits per heavy atom. The van der Waals surface area contributed by atoms with E-state index < -0.39 is 0 Å². The summed E-state index contributed by atoms with van der Waals surface area (Å²) in [4.78, 5) is 9.19. The minimum atomic E-state index is -0.341. The molecule has 7 aromatic rings. The van der Waals surface area contributed by atoms with Gasteiger partial charge in [-0.1, -0.05) is 57.2 Å². The average Bonchev–Trinajstić information content (AvgIpc) is 3.52. The van der Waals surface area contributed by atoms with Gasteiger partial charge < -0.3 is 4.74 Å². The molecule has 0 aliphatic rings. The summed E-state index contributed by atoms with van der Waals surface area (Å²) < 4.78 is 26.1. The van der Waals surface area contributed by atoms with Crippen molar-refractivity contribution in [3.8, 4) is 23.0 Å². The number of para-hydroxylation sites is 3. The molecule has 0 N–H and O–H groups in total. The topological polar surface area (TPSA) is 44.9 Å².